The fourth-order valence-corrected chi connectivity index (χ4v) is 4.29. The van der Waals surface area contributed by atoms with Gasteiger partial charge in [-0.25, -0.2) is 8.42 Å². The Balaban J connectivity index is 2.13. The highest BCUT2D eigenvalue weighted by Crippen LogP contribution is 2.26. The smallest absolute Gasteiger partial charge is 0.246 e. The molecule has 1 aliphatic rings. The van der Waals surface area contributed by atoms with Crippen molar-refractivity contribution in [1.29, 1.82) is 0 Å². The molecule has 2 heterocycles. The van der Waals surface area contributed by atoms with Crippen molar-refractivity contribution in [3.63, 3.8) is 0 Å². The van der Waals surface area contributed by atoms with Gasteiger partial charge in [-0.3, -0.25) is 4.68 Å². The number of aryl methyl sites for hydroxylation is 1. The van der Waals surface area contributed by atoms with E-state index < -0.39 is 10.0 Å². The second kappa shape index (κ2) is 6.43. The van der Waals surface area contributed by atoms with E-state index in [1.807, 2.05) is 14.1 Å². The van der Waals surface area contributed by atoms with Crippen molar-refractivity contribution in [3.05, 3.63) is 12.4 Å². The lowest BCUT2D eigenvalue weighted by Gasteiger charge is -2.22. The Hall–Kier alpha value is -0.960. The van der Waals surface area contributed by atoms with E-state index in [9.17, 15) is 8.42 Å². The molecule has 0 spiro atoms. The predicted molar refractivity (Wildman–Crippen MR) is 81.3 cm³/mol. The second-order valence-corrected chi connectivity index (χ2v) is 7.85. The van der Waals surface area contributed by atoms with Crippen molar-refractivity contribution in [2.45, 2.75) is 30.8 Å². The molecule has 0 aliphatic carbocycles. The van der Waals surface area contributed by atoms with Crippen LogP contribution < -0.4 is 5.73 Å². The van der Waals surface area contributed by atoms with E-state index in [2.05, 4.69) is 16.9 Å². The van der Waals surface area contributed by atoms with Gasteiger partial charge in [-0.05, 0) is 33.0 Å². The Bertz CT molecular complexity index is 569. The Morgan fingerprint density at radius 2 is 2.14 bits per heavy atom. The molecule has 120 valence electrons. The molecular formula is C13H25N5O2S. The third kappa shape index (κ3) is 3.45. The topological polar surface area (TPSA) is 84.5 Å². The minimum Gasteiger partial charge on any atom is -0.330 e. The van der Waals surface area contributed by atoms with Gasteiger partial charge in [0.15, 0.2) is 0 Å². The Labute approximate surface area is 126 Å². The molecule has 1 aromatic rings. The van der Waals surface area contributed by atoms with Crippen LogP contribution in [-0.4, -0.2) is 67.2 Å². The normalized spacial score (nSPS) is 24.0. The van der Waals surface area contributed by atoms with Gasteiger partial charge < -0.3 is 10.6 Å². The summed E-state index contributed by atoms with van der Waals surface area (Å²) in [5, 5.41) is 4.11. The van der Waals surface area contributed by atoms with E-state index >= 15 is 0 Å². The lowest BCUT2D eigenvalue weighted by molar-refractivity contribution is 0.263. The van der Waals surface area contributed by atoms with Crippen LogP contribution in [0, 0.1) is 5.92 Å². The SMILES string of the molecule is CC1CN(S(=O)(=O)c2cnn(CCCN)c2)CC1N(C)C. The monoisotopic (exact) mass is 315 g/mol. The molecule has 2 unspecified atom stereocenters. The number of hydrogen-bond acceptors (Lipinski definition) is 5. The maximum absolute atomic E-state index is 12.7. The van der Waals surface area contributed by atoms with E-state index in [4.69, 9.17) is 5.73 Å². The van der Waals surface area contributed by atoms with Gasteiger partial charge in [-0.2, -0.15) is 9.40 Å². The summed E-state index contributed by atoms with van der Waals surface area (Å²) >= 11 is 0. The van der Waals surface area contributed by atoms with Gasteiger partial charge in [0.25, 0.3) is 0 Å². The fourth-order valence-electron chi connectivity index (χ4n) is 2.78. The van der Waals surface area contributed by atoms with Gasteiger partial charge in [-0.15, -0.1) is 0 Å². The summed E-state index contributed by atoms with van der Waals surface area (Å²) in [4.78, 5) is 2.36. The molecule has 0 aromatic carbocycles. The zero-order chi connectivity index (χ0) is 15.6. The first-order valence-electron chi connectivity index (χ1n) is 7.25. The van der Waals surface area contributed by atoms with Crippen LogP contribution in [0.25, 0.3) is 0 Å². The number of hydrogen-bond donors (Lipinski definition) is 1. The van der Waals surface area contributed by atoms with E-state index in [0.29, 0.717) is 32.1 Å². The zero-order valence-corrected chi connectivity index (χ0v) is 13.8. The molecule has 0 bridgehead atoms. The molecular weight excluding hydrogens is 290 g/mol. The summed E-state index contributed by atoms with van der Waals surface area (Å²) in [6.45, 7) is 4.38. The van der Waals surface area contributed by atoms with E-state index in [-0.39, 0.29) is 10.9 Å². The Morgan fingerprint density at radius 3 is 2.71 bits per heavy atom. The summed E-state index contributed by atoms with van der Waals surface area (Å²) in [5.41, 5.74) is 5.46. The molecule has 2 atom stereocenters. The molecule has 0 radical (unpaired) electrons. The van der Waals surface area contributed by atoms with Crippen LogP contribution in [0.1, 0.15) is 13.3 Å². The summed E-state index contributed by atoms with van der Waals surface area (Å²) in [7, 11) is 0.526. The average Bonchev–Trinajstić information content (AvgIpc) is 3.03. The van der Waals surface area contributed by atoms with Crippen molar-refractivity contribution >= 4 is 10.0 Å². The van der Waals surface area contributed by atoms with E-state index in [0.717, 1.165) is 6.42 Å². The number of rotatable bonds is 6. The van der Waals surface area contributed by atoms with Gasteiger partial charge in [-0.1, -0.05) is 6.92 Å². The minimum absolute atomic E-state index is 0.257. The molecule has 2 N–H and O–H groups in total. The van der Waals surface area contributed by atoms with Crippen LogP contribution in [-0.2, 0) is 16.6 Å². The standard InChI is InChI=1S/C13H25N5O2S/c1-11-8-18(10-13(11)16(2)3)21(19,20)12-7-15-17(9-12)6-4-5-14/h7,9,11,13H,4-6,8,10,14H2,1-3H3. The Morgan fingerprint density at radius 1 is 1.43 bits per heavy atom. The summed E-state index contributed by atoms with van der Waals surface area (Å²) in [5.74, 6) is 0.321. The summed E-state index contributed by atoms with van der Waals surface area (Å²) < 4.78 is 28.5. The molecule has 8 heteroatoms. The van der Waals surface area contributed by atoms with E-state index in [1.54, 1.807) is 15.2 Å². The van der Waals surface area contributed by atoms with Crippen molar-refractivity contribution in [1.82, 2.24) is 19.0 Å². The van der Waals surface area contributed by atoms with Gasteiger partial charge in [0.05, 0.1) is 6.20 Å². The maximum atomic E-state index is 12.7. The first-order chi connectivity index (χ1) is 9.86. The molecule has 1 fully saturated rings. The molecule has 0 saturated carbocycles. The zero-order valence-electron chi connectivity index (χ0n) is 12.9. The fraction of sp³-hybridized carbons (Fsp3) is 0.769. The molecule has 1 saturated heterocycles. The molecule has 1 aliphatic heterocycles. The number of nitrogens with two attached hydrogens (primary N) is 1. The van der Waals surface area contributed by atoms with Crippen molar-refractivity contribution in [3.8, 4) is 0 Å². The maximum Gasteiger partial charge on any atom is 0.246 e. The average molecular weight is 315 g/mol. The number of likely N-dealkylation sites (N-methyl/N-ethyl adjacent to an activating group) is 1. The number of nitrogens with zero attached hydrogens (tertiary/aromatic N) is 4. The number of aromatic nitrogens is 2. The van der Waals surface area contributed by atoms with Crippen molar-refractivity contribution < 1.29 is 8.42 Å². The largest absolute Gasteiger partial charge is 0.330 e. The van der Waals surface area contributed by atoms with Gasteiger partial charge in [0.1, 0.15) is 4.90 Å². The first-order valence-corrected chi connectivity index (χ1v) is 8.69. The van der Waals surface area contributed by atoms with Crippen LogP contribution in [0.2, 0.25) is 0 Å². The van der Waals surface area contributed by atoms with Crippen molar-refractivity contribution in [2.24, 2.45) is 11.7 Å². The van der Waals surface area contributed by atoms with Gasteiger partial charge in [0.2, 0.25) is 10.0 Å². The Kier molecular flexibility index (Phi) is 5.03. The van der Waals surface area contributed by atoms with E-state index in [1.165, 1.54) is 6.20 Å². The first kappa shape index (κ1) is 16.4. The lowest BCUT2D eigenvalue weighted by atomic mass is 10.1. The molecule has 21 heavy (non-hydrogen) atoms. The minimum atomic E-state index is -3.45. The molecule has 0 amide bonds. The van der Waals surface area contributed by atoms with Crippen LogP contribution in [0.15, 0.2) is 17.3 Å². The second-order valence-electron chi connectivity index (χ2n) is 5.91. The van der Waals surface area contributed by atoms with Crippen LogP contribution in [0.5, 0.6) is 0 Å². The molecule has 7 nitrogen and oxygen atoms in total. The lowest BCUT2D eigenvalue weighted by Crippen LogP contribution is -2.35. The highest BCUT2D eigenvalue weighted by molar-refractivity contribution is 7.89. The van der Waals surface area contributed by atoms with Crippen LogP contribution in [0.3, 0.4) is 0 Å². The highest BCUT2D eigenvalue weighted by Gasteiger charge is 2.38. The molecule has 1 aromatic heterocycles. The number of sulfonamides is 1. The summed E-state index contributed by atoms with van der Waals surface area (Å²) in [6.07, 6.45) is 3.81. The molecule has 2 rings (SSSR count). The van der Waals surface area contributed by atoms with Gasteiger partial charge >= 0.3 is 0 Å². The third-order valence-corrected chi connectivity index (χ3v) is 5.83. The third-order valence-electron chi connectivity index (χ3n) is 4.04. The van der Waals surface area contributed by atoms with Crippen LogP contribution >= 0.6 is 0 Å². The highest BCUT2D eigenvalue weighted by atomic mass is 32.2. The predicted octanol–water partition coefficient (Wildman–Crippen LogP) is -0.197. The van der Waals surface area contributed by atoms with Crippen molar-refractivity contribution in [2.75, 3.05) is 33.7 Å². The van der Waals surface area contributed by atoms with Gasteiger partial charge in [0, 0.05) is 31.9 Å². The van der Waals surface area contributed by atoms with Crippen LogP contribution in [0.4, 0.5) is 0 Å². The quantitative estimate of drug-likeness (QED) is 0.786. The summed E-state index contributed by atoms with van der Waals surface area (Å²) in [6, 6.07) is 0.257.